The quantitative estimate of drug-likeness (QED) is 0.711. The lowest BCUT2D eigenvalue weighted by Gasteiger charge is -2.34. The lowest BCUT2D eigenvalue weighted by molar-refractivity contribution is -0.132. The van der Waals surface area contributed by atoms with Crippen LogP contribution >= 0.6 is 0 Å². The van der Waals surface area contributed by atoms with E-state index in [0.717, 1.165) is 18.7 Å². The van der Waals surface area contributed by atoms with Gasteiger partial charge in [-0.2, -0.15) is 0 Å². The molecule has 0 unspecified atom stereocenters. The van der Waals surface area contributed by atoms with Gasteiger partial charge in [-0.15, -0.1) is 5.10 Å². The van der Waals surface area contributed by atoms with Crippen LogP contribution in [0.1, 0.15) is 29.9 Å². The number of carbonyl (C=O) groups excluding carboxylic acids is 2. The van der Waals surface area contributed by atoms with Gasteiger partial charge in [-0.1, -0.05) is 35.5 Å². The molecule has 2 heterocycles. The van der Waals surface area contributed by atoms with E-state index in [2.05, 4.69) is 15.2 Å². The van der Waals surface area contributed by atoms with Crippen molar-refractivity contribution >= 4 is 11.8 Å². The molecule has 1 saturated heterocycles. The first-order chi connectivity index (χ1) is 13.6. The molecule has 3 rings (SSSR count). The Balaban J connectivity index is 1.51. The summed E-state index contributed by atoms with van der Waals surface area (Å²) in [7, 11) is 0. The highest BCUT2D eigenvalue weighted by Crippen LogP contribution is 2.08. The molecule has 2 amide bonds. The van der Waals surface area contributed by atoms with Gasteiger partial charge in [0.05, 0.1) is 19.3 Å². The molecular weight excluding hydrogens is 356 g/mol. The van der Waals surface area contributed by atoms with Crippen molar-refractivity contribution in [3.05, 3.63) is 47.8 Å². The van der Waals surface area contributed by atoms with Gasteiger partial charge in [-0.25, -0.2) is 4.68 Å². The van der Waals surface area contributed by atoms with Gasteiger partial charge in [0.15, 0.2) is 5.69 Å². The van der Waals surface area contributed by atoms with Gasteiger partial charge in [0.2, 0.25) is 5.91 Å². The molecule has 0 radical (unpaired) electrons. The Bertz CT molecular complexity index is 779. The minimum absolute atomic E-state index is 0.103. The van der Waals surface area contributed by atoms with Gasteiger partial charge in [0.25, 0.3) is 5.91 Å². The SMILES string of the molecule is CCN(CC)C(=O)CN1CCN(C(=O)c2cn(Cc3ccccc3)nn2)CC1. The summed E-state index contributed by atoms with van der Waals surface area (Å²) < 4.78 is 1.68. The average Bonchev–Trinajstić information content (AvgIpc) is 3.18. The van der Waals surface area contributed by atoms with Crippen molar-refractivity contribution < 1.29 is 9.59 Å². The lowest BCUT2D eigenvalue weighted by atomic mass is 10.2. The molecule has 1 aromatic carbocycles. The number of amides is 2. The molecule has 1 fully saturated rings. The van der Waals surface area contributed by atoms with Gasteiger partial charge in [-0.05, 0) is 19.4 Å². The third kappa shape index (κ3) is 4.95. The monoisotopic (exact) mass is 384 g/mol. The Kier molecular flexibility index (Phi) is 6.76. The summed E-state index contributed by atoms with van der Waals surface area (Å²) >= 11 is 0. The molecule has 0 saturated carbocycles. The number of nitrogens with zero attached hydrogens (tertiary/aromatic N) is 6. The molecule has 0 atom stereocenters. The van der Waals surface area contributed by atoms with Crippen LogP contribution in [-0.2, 0) is 11.3 Å². The maximum atomic E-state index is 12.7. The fraction of sp³-hybridized carbons (Fsp3) is 0.500. The second-order valence-electron chi connectivity index (χ2n) is 6.92. The minimum Gasteiger partial charge on any atom is -0.342 e. The number of benzene rings is 1. The van der Waals surface area contributed by atoms with Crippen molar-refractivity contribution in [2.75, 3.05) is 45.8 Å². The number of carbonyl (C=O) groups is 2. The Hall–Kier alpha value is -2.74. The molecule has 1 aliphatic heterocycles. The molecule has 8 heteroatoms. The lowest BCUT2D eigenvalue weighted by Crippen LogP contribution is -2.51. The third-order valence-electron chi connectivity index (χ3n) is 5.08. The highest BCUT2D eigenvalue weighted by molar-refractivity contribution is 5.92. The van der Waals surface area contributed by atoms with Gasteiger partial charge in [-0.3, -0.25) is 14.5 Å². The number of hydrogen-bond donors (Lipinski definition) is 0. The maximum Gasteiger partial charge on any atom is 0.276 e. The van der Waals surface area contributed by atoms with Crippen LogP contribution in [0.25, 0.3) is 0 Å². The van der Waals surface area contributed by atoms with E-state index in [1.54, 1.807) is 15.8 Å². The van der Waals surface area contributed by atoms with Crippen LogP contribution in [0.3, 0.4) is 0 Å². The van der Waals surface area contributed by atoms with Crippen LogP contribution in [0.5, 0.6) is 0 Å². The summed E-state index contributed by atoms with van der Waals surface area (Å²) in [5.41, 5.74) is 1.47. The Morgan fingerprint density at radius 1 is 1.04 bits per heavy atom. The summed E-state index contributed by atoms with van der Waals surface area (Å²) in [6, 6.07) is 9.95. The van der Waals surface area contributed by atoms with E-state index in [4.69, 9.17) is 0 Å². The summed E-state index contributed by atoms with van der Waals surface area (Å²) in [4.78, 5) is 30.7. The first-order valence-corrected chi connectivity index (χ1v) is 9.84. The van der Waals surface area contributed by atoms with Crippen molar-refractivity contribution in [2.45, 2.75) is 20.4 Å². The molecule has 150 valence electrons. The number of aromatic nitrogens is 3. The van der Waals surface area contributed by atoms with Crippen LogP contribution in [0, 0.1) is 0 Å². The zero-order valence-electron chi connectivity index (χ0n) is 16.6. The Labute approximate surface area is 165 Å². The smallest absolute Gasteiger partial charge is 0.276 e. The van der Waals surface area contributed by atoms with E-state index >= 15 is 0 Å². The number of piperazine rings is 1. The standard InChI is InChI=1S/C20H28N6O2/c1-3-24(4-2)19(27)16-23-10-12-25(13-11-23)20(28)18-15-26(22-21-18)14-17-8-6-5-7-9-17/h5-9,15H,3-4,10-14,16H2,1-2H3. The zero-order valence-corrected chi connectivity index (χ0v) is 16.6. The van der Waals surface area contributed by atoms with Crippen LogP contribution < -0.4 is 0 Å². The van der Waals surface area contributed by atoms with Crippen LogP contribution in [0.4, 0.5) is 0 Å². The summed E-state index contributed by atoms with van der Waals surface area (Å²) in [6.07, 6.45) is 1.70. The van der Waals surface area contributed by atoms with Crippen molar-refractivity contribution in [1.82, 2.24) is 29.7 Å². The zero-order chi connectivity index (χ0) is 19.9. The van der Waals surface area contributed by atoms with E-state index in [-0.39, 0.29) is 11.8 Å². The normalized spacial score (nSPS) is 14.9. The van der Waals surface area contributed by atoms with E-state index in [0.29, 0.717) is 45.0 Å². The molecule has 0 bridgehead atoms. The third-order valence-corrected chi connectivity index (χ3v) is 5.08. The fourth-order valence-electron chi connectivity index (χ4n) is 3.38. The van der Waals surface area contributed by atoms with Crippen molar-refractivity contribution in [3.63, 3.8) is 0 Å². The van der Waals surface area contributed by atoms with Gasteiger partial charge < -0.3 is 9.80 Å². The molecule has 8 nitrogen and oxygen atoms in total. The second kappa shape index (κ2) is 9.45. The first-order valence-electron chi connectivity index (χ1n) is 9.84. The first kappa shape index (κ1) is 20.0. The number of rotatable bonds is 7. The van der Waals surface area contributed by atoms with E-state index in [1.807, 2.05) is 49.1 Å². The molecule has 28 heavy (non-hydrogen) atoms. The Morgan fingerprint density at radius 3 is 2.36 bits per heavy atom. The van der Waals surface area contributed by atoms with Crippen LogP contribution in [0.15, 0.2) is 36.5 Å². The molecule has 0 spiro atoms. The van der Waals surface area contributed by atoms with E-state index < -0.39 is 0 Å². The van der Waals surface area contributed by atoms with Gasteiger partial charge in [0, 0.05) is 39.3 Å². The van der Waals surface area contributed by atoms with Crippen molar-refractivity contribution in [1.29, 1.82) is 0 Å². The largest absolute Gasteiger partial charge is 0.342 e. The highest BCUT2D eigenvalue weighted by atomic mass is 16.2. The summed E-state index contributed by atoms with van der Waals surface area (Å²) in [5.74, 6) is 0.0441. The summed E-state index contributed by atoms with van der Waals surface area (Å²) in [6.45, 7) is 9.00. The van der Waals surface area contributed by atoms with E-state index in [9.17, 15) is 9.59 Å². The highest BCUT2D eigenvalue weighted by Gasteiger charge is 2.25. The van der Waals surface area contributed by atoms with Crippen LogP contribution in [0.2, 0.25) is 0 Å². The summed E-state index contributed by atoms with van der Waals surface area (Å²) in [5, 5.41) is 8.13. The average molecular weight is 384 g/mol. The maximum absolute atomic E-state index is 12.7. The molecule has 1 aromatic heterocycles. The molecule has 0 aliphatic carbocycles. The van der Waals surface area contributed by atoms with Crippen LogP contribution in [-0.4, -0.2) is 87.3 Å². The number of likely N-dealkylation sites (N-methyl/N-ethyl adjacent to an activating group) is 1. The number of hydrogen-bond acceptors (Lipinski definition) is 5. The predicted molar refractivity (Wildman–Crippen MR) is 106 cm³/mol. The Morgan fingerprint density at radius 2 is 1.71 bits per heavy atom. The topological polar surface area (TPSA) is 74.6 Å². The molecular formula is C20H28N6O2. The van der Waals surface area contributed by atoms with Gasteiger partial charge in [0.1, 0.15) is 0 Å². The van der Waals surface area contributed by atoms with Crippen molar-refractivity contribution in [2.24, 2.45) is 0 Å². The minimum atomic E-state index is -0.103. The molecule has 1 aliphatic rings. The molecule has 0 N–H and O–H groups in total. The fourth-order valence-corrected chi connectivity index (χ4v) is 3.38. The van der Waals surface area contributed by atoms with Gasteiger partial charge >= 0.3 is 0 Å². The second-order valence-corrected chi connectivity index (χ2v) is 6.92. The van der Waals surface area contributed by atoms with Crippen molar-refractivity contribution in [3.8, 4) is 0 Å². The predicted octanol–water partition coefficient (Wildman–Crippen LogP) is 0.953. The van der Waals surface area contributed by atoms with E-state index in [1.165, 1.54) is 0 Å². The molecule has 2 aromatic rings.